The summed E-state index contributed by atoms with van der Waals surface area (Å²) >= 11 is 0. The topological polar surface area (TPSA) is 64.1 Å². The van der Waals surface area contributed by atoms with Gasteiger partial charge in [0.05, 0.1) is 26.9 Å². The van der Waals surface area contributed by atoms with Gasteiger partial charge in [-0.05, 0) is 32.3 Å². The second kappa shape index (κ2) is 13.2. The van der Waals surface area contributed by atoms with Crippen LogP contribution in [0.25, 0.3) is 0 Å². The molecule has 0 amide bonds. The molecule has 0 unspecified atom stereocenters. The molecule has 0 atom stereocenters. The van der Waals surface area contributed by atoms with Crippen molar-refractivity contribution in [1.82, 2.24) is 10.6 Å². The highest BCUT2D eigenvalue weighted by atomic mass is 127. The normalized spacial score (nSPS) is 15.0. The lowest BCUT2D eigenvalue weighted by atomic mass is 9.95. The van der Waals surface area contributed by atoms with Crippen LogP contribution in [0.4, 0.5) is 0 Å². The van der Waals surface area contributed by atoms with Crippen molar-refractivity contribution in [1.29, 1.82) is 0 Å². The second-order valence-corrected chi connectivity index (χ2v) is 6.56. The van der Waals surface area contributed by atoms with Gasteiger partial charge in [0.25, 0.3) is 0 Å². The van der Waals surface area contributed by atoms with Crippen molar-refractivity contribution in [2.24, 2.45) is 4.99 Å². The molecular formula is C20H34IN3O3. The minimum atomic E-state index is 0. The first-order chi connectivity index (χ1) is 12.8. The largest absolute Gasteiger partial charge is 0.496 e. The number of nitrogens with zero attached hydrogens (tertiary/aromatic N) is 1. The minimum Gasteiger partial charge on any atom is -0.496 e. The van der Waals surface area contributed by atoms with Crippen LogP contribution >= 0.6 is 24.0 Å². The fraction of sp³-hybridized carbons (Fsp3) is 0.650. The Balaban J connectivity index is 0.00000364. The van der Waals surface area contributed by atoms with Gasteiger partial charge in [0, 0.05) is 37.8 Å². The summed E-state index contributed by atoms with van der Waals surface area (Å²) < 4.78 is 16.0. The summed E-state index contributed by atoms with van der Waals surface area (Å²) in [4.78, 5) is 4.82. The van der Waals surface area contributed by atoms with Crippen LogP contribution in [0.15, 0.2) is 29.3 Å². The molecule has 2 rings (SSSR count). The predicted molar refractivity (Wildman–Crippen MR) is 121 cm³/mol. The van der Waals surface area contributed by atoms with Crippen LogP contribution in [0.3, 0.4) is 0 Å². The maximum atomic E-state index is 5.54. The zero-order valence-corrected chi connectivity index (χ0v) is 19.1. The lowest BCUT2D eigenvalue weighted by Gasteiger charge is -2.18. The number of guanidine groups is 1. The van der Waals surface area contributed by atoms with Crippen LogP contribution in [0, 0.1) is 0 Å². The molecule has 1 aliphatic carbocycles. The van der Waals surface area contributed by atoms with E-state index in [2.05, 4.69) is 29.7 Å². The first-order valence-electron chi connectivity index (χ1n) is 9.48. The van der Waals surface area contributed by atoms with Gasteiger partial charge in [-0.2, -0.15) is 0 Å². The van der Waals surface area contributed by atoms with E-state index < -0.39 is 0 Å². The van der Waals surface area contributed by atoms with Crippen molar-refractivity contribution in [2.45, 2.75) is 31.6 Å². The Morgan fingerprint density at radius 1 is 1.11 bits per heavy atom. The van der Waals surface area contributed by atoms with Gasteiger partial charge in [0.2, 0.25) is 0 Å². The van der Waals surface area contributed by atoms with Gasteiger partial charge in [0.1, 0.15) is 5.75 Å². The first kappa shape index (κ1) is 24.0. The highest BCUT2D eigenvalue weighted by molar-refractivity contribution is 14.0. The van der Waals surface area contributed by atoms with Crippen LogP contribution in [-0.2, 0) is 14.9 Å². The molecule has 6 nitrogen and oxygen atoms in total. The third-order valence-corrected chi connectivity index (χ3v) is 4.61. The Hall–Kier alpha value is -1.06. The first-order valence-corrected chi connectivity index (χ1v) is 9.48. The smallest absolute Gasteiger partial charge is 0.191 e. The number of benzene rings is 1. The molecule has 0 spiro atoms. The number of rotatable bonds is 12. The summed E-state index contributed by atoms with van der Waals surface area (Å²) in [6, 6.07) is 8.29. The Morgan fingerprint density at radius 3 is 2.56 bits per heavy atom. The van der Waals surface area contributed by atoms with E-state index in [0.717, 1.165) is 57.2 Å². The molecule has 1 fully saturated rings. The summed E-state index contributed by atoms with van der Waals surface area (Å²) in [5.41, 5.74) is 1.40. The van der Waals surface area contributed by atoms with E-state index in [-0.39, 0.29) is 29.4 Å². The van der Waals surface area contributed by atoms with Gasteiger partial charge in [-0.1, -0.05) is 18.2 Å². The monoisotopic (exact) mass is 491 g/mol. The fourth-order valence-corrected chi connectivity index (χ4v) is 2.94. The summed E-state index contributed by atoms with van der Waals surface area (Å²) in [7, 11) is 3.42. The fourth-order valence-electron chi connectivity index (χ4n) is 2.94. The number of halogens is 1. The average molecular weight is 491 g/mol. The van der Waals surface area contributed by atoms with Crippen LogP contribution in [0.5, 0.6) is 5.75 Å². The van der Waals surface area contributed by atoms with Gasteiger partial charge >= 0.3 is 0 Å². The van der Waals surface area contributed by atoms with Crippen molar-refractivity contribution in [3.63, 3.8) is 0 Å². The van der Waals surface area contributed by atoms with Crippen molar-refractivity contribution in [2.75, 3.05) is 53.7 Å². The minimum absolute atomic E-state index is 0. The molecule has 154 valence electrons. The van der Waals surface area contributed by atoms with E-state index in [9.17, 15) is 0 Å². The number of nitrogens with one attached hydrogen (secondary N) is 2. The van der Waals surface area contributed by atoms with E-state index in [1.807, 2.05) is 12.1 Å². The lowest BCUT2D eigenvalue weighted by Crippen LogP contribution is -2.38. The second-order valence-electron chi connectivity index (χ2n) is 6.56. The summed E-state index contributed by atoms with van der Waals surface area (Å²) in [5.74, 6) is 1.83. The van der Waals surface area contributed by atoms with Crippen molar-refractivity contribution in [3.05, 3.63) is 29.8 Å². The third-order valence-electron chi connectivity index (χ3n) is 4.61. The molecule has 1 aliphatic rings. The van der Waals surface area contributed by atoms with Crippen LogP contribution in [-0.4, -0.2) is 59.6 Å². The molecule has 0 heterocycles. The summed E-state index contributed by atoms with van der Waals surface area (Å²) in [5, 5.41) is 6.71. The number of aliphatic imine (C=N–C) groups is 1. The molecule has 1 aromatic carbocycles. The Kier molecular flexibility index (Phi) is 11.7. The van der Waals surface area contributed by atoms with Gasteiger partial charge < -0.3 is 24.8 Å². The van der Waals surface area contributed by atoms with E-state index in [1.54, 1.807) is 14.2 Å². The molecule has 7 heteroatoms. The quantitative estimate of drug-likeness (QED) is 0.204. The molecule has 1 aromatic rings. The van der Waals surface area contributed by atoms with Gasteiger partial charge in [-0.25, -0.2) is 0 Å². The van der Waals surface area contributed by atoms with Gasteiger partial charge in [-0.3, -0.25) is 4.99 Å². The number of hydrogen-bond acceptors (Lipinski definition) is 4. The summed E-state index contributed by atoms with van der Waals surface area (Å²) in [6.07, 6.45) is 3.25. The lowest BCUT2D eigenvalue weighted by molar-refractivity contribution is 0.0698. The van der Waals surface area contributed by atoms with Crippen molar-refractivity contribution in [3.8, 4) is 5.75 Å². The molecule has 0 radical (unpaired) electrons. The maximum Gasteiger partial charge on any atom is 0.191 e. The van der Waals surface area contributed by atoms with Crippen LogP contribution < -0.4 is 15.4 Å². The number of para-hydroxylation sites is 1. The van der Waals surface area contributed by atoms with E-state index >= 15 is 0 Å². The molecule has 2 N–H and O–H groups in total. The third kappa shape index (κ3) is 7.83. The van der Waals surface area contributed by atoms with Crippen LogP contribution in [0.2, 0.25) is 0 Å². The average Bonchev–Trinajstić information content (AvgIpc) is 3.46. The van der Waals surface area contributed by atoms with Crippen LogP contribution in [0.1, 0.15) is 31.7 Å². The Bertz CT molecular complexity index is 565. The molecule has 1 saturated carbocycles. The molecular weight excluding hydrogens is 457 g/mol. The summed E-state index contributed by atoms with van der Waals surface area (Å²) in [6.45, 7) is 6.54. The molecule has 27 heavy (non-hydrogen) atoms. The molecule has 0 saturated heterocycles. The van der Waals surface area contributed by atoms with Gasteiger partial charge in [0.15, 0.2) is 5.96 Å². The van der Waals surface area contributed by atoms with E-state index in [4.69, 9.17) is 19.2 Å². The zero-order chi connectivity index (χ0) is 18.7. The standard InChI is InChI=1S/C20H33N3O3.HI/c1-4-21-19(22-12-7-13-26-15-14-24-2)23-16-20(10-11-20)17-8-5-6-9-18(17)25-3;/h5-6,8-9H,4,7,10-16H2,1-3H3,(H2,21,22,23);1H. The number of methoxy groups -OCH3 is 2. The highest BCUT2D eigenvalue weighted by Crippen LogP contribution is 2.51. The van der Waals surface area contributed by atoms with E-state index in [1.165, 1.54) is 5.56 Å². The van der Waals surface area contributed by atoms with Gasteiger partial charge in [-0.15, -0.1) is 24.0 Å². The Morgan fingerprint density at radius 2 is 1.89 bits per heavy atom. The van der Waals surface area contributed by atoms with Crippen molar-refractivity contribution < 1.29 is 14.2 Å². The number of ether oxygens (including phenoxy) is 3. The highest BCUT2D eigenvalue weighted by Gasteiger charge is 2.46. The maximum absolute atomic E-state index is 5.54. The molecule has 0 aliphatic heterocycles. The van der Waals surface area contributed by atoms with E-state index in [0.29, 0.717) is 13.2 Å². The zero-order valence-electron chi connectivity index (χ0n) is 16.8. The predicted octanol–water partition coefficient (Wildman–Crippen LogP) is 2.95. The molecule has 0 bridgehead atoms. The number of hydrogen-bond donors (Lipinski definition) is 2. The van der Waals surface area contributed by atoms with Crippen molar-refractivity contribution >= 4 is 29.9 Å². The SMILES string of the molecule is CCNC(=NCC1(c2ccccc2OC)CC1)NCCCOCCOC.I. The molecule has 0 aromatic heterocycles. The Labute approximate surface area is 180 Å².